The van der Waals surface area contributed by atoms with Crippen molar-refractivity contribution >= 4 is 16.6 Å². The minimum atomic E-state index is -0.790. The molecule has 16 heavy (non-hydrogen) atoms. The van der Waals surface area contributed by atoms with E-state index in [2.05, 4.69) is 4.98 Å². The molecule has 0 saturated heterocycles. The Balaban J connectivity index is 2.91. The number of hydrogen-bond donors (Lipinski definition) is 1. The summed E-state index contributed by atoms with van der Waals surface area (Å²) in [6.45, 7) is 3.71. The minimum Gasteiger partial charge on any atom is -0.358 e. The van der Waals surface area contributed by atoms with Crippen LogP contribution in [-0.2, 0) is 6.42 Å². The van der Waals surface area contributed by atoms with Crippen molar-refractivity contribution in [2.75, 3.05) is 0 Å². The SMILES string of the molecule is CCc1[nH]c2ccc(F)c([N+](=O)[O-])c2c1C. The number of nitro groups is 1. The molecule has 4 nitrogen and oxygen atoms in total. The molecule has 0 amide bonds. The Kier molecular flexibility index (Phi) is 2.38. The molecule has 0 saturated carbocycles. The van der Waals surface area contributed by atoms with Crippen LogP contribution in [0.3, 0.4) is 0 Å². The van der Waals surface area contributed by atoms with Gasteiger partial charge >= 0.3 is 5.69 Å². The van der Waals surface area contributed by atoms with Gasteiger partial charge in [0.05, 0.1) is 15.8 Å². The Morgan fingerprint density at radius 3 is 2.75 bits per heavy atom. The second-order valence-electron chi connectivity index (χ2n) is 3.66. The van der Waals surface area contributed by atoms with E-state index in [0.29, 0.717) is 10.9 Å². The number of nitrogens with zero attached hydrogens (tertiary/aromatic N) is 1. The quantitative estimate of drug-likeness (QED) is 0.627. The molecule has 1 aromatic heterocycles. The van der Waals surface area contributed by atoms with Gasteiger partial charge in [0.2, 0.25) is 5.82 Å². The van der Waals surface area contributed by atoms with Gasteiger partial charge in [0.15, 0.2) is 0 Å². The number of nitrogens with one attached hydrogen (secondary N) is 1. The standard InChI is InChI=1S/C11H11FN2O2/c1-3-8-6(2)10-9(13-8)5-4-7(12)11(10)14(15)16/h4-5,13H,3H2,1-2H3. The number of hydrogen-bond acceptors (Lipinski definition) is 2. The largest absolute Gasteiger partial charge is 0.358 e. The summed E-state index contributed by atoms with van der Waals surface area (Å²) in [5.41, 5.74) is 1.83. The van der Waals surface area contributed by atoms with Crippen molar-refractivity contribution in [2.24, 2.45) is 0 Å². The Hall–Kier alpha value is -1.91. The van der Waals surface area contributed by atoms with Gasteiger partial charge in [-0.25, -0.2) is 0 Å². The first-order valence-electron chi connectivity index (χ1n) is 5.00. The second kappa shape index (κ2) is 3.59. The molecule has 1 heterocycles. The molecular weight excluding hydrogens is 211 g/mol. The van der Waals surface area contributed by atoms with Gasteiger partial charge < -0.3 is 4.98 Å². The maximum Gasteiger partial charge on any atom is 0.314 e. The number of halogens is 1. The first-order valence-corrected chi connectivity index (χ1v) is 5.00. The van der Waals surface area contributed by atoms with E-state index in [0.717, 1.165) is 23.7 Å². The average molecular weight is 222 g/mol. The van der Waals surface area contributed by atoms with Gasteiger partial charge in [-0.05, 0) is 31.0 Å². The molecule has 0 aliphatic carbocycles. The molecule has 0 atom stereocenters. The lowest BCUT2D eigenvalue weighted by atomic mass is 10.1. The lowest BCUT2D eigenvalue weighted by Gasteiger charge is -1.97. The number of aromatic nitrogens is 1. The first kappa shape index (κ1) is 10.6. The highest BCUT2D eigenvalue weighted by molar-refractivity contribution is 5.93. The number of rotatable bonds is 2. The van der Waals surface area contributed by atoms with Gasteiger partial charge in [0.1, 0.15) is 0 Å². The summed E-state index contributed by atoms with van der Waals surface area (Å²) in [4.78, 5) is 13.2. The van der Waals surface area contributed by atoms with E-state index >= 15 is 0 Å². The summed E-state index contributed by atoms with van der Waals surface area (Å²) in [7, 11) is 0. The van der Waals surface area contributed by atoms with Crippen molar-refractivity contribution in [3.8, 4) is 0 Å². The molecule has 2 rings (SSSR count). The van der Waals surface area contributed by atoms with Crippen molar-refractivity contribution in [1.82, 2.24) is 4.98 Å². The summed E-state index contributed by atoms with van der Waals surface area (Å²) >= 11 is 0. The molecule has 0 bridgehead atoms. The van der Waals surface area contributed by atoms with Crippen LogP contribution < -0.4 is 0 Å². The van der Waals surface area contributed by atoms with Crippen LogP contribution in [0.2, 0.25) is 0 Å². The Morgan fingerprint density at radius 2 is 2.19 bits per heavy atom. The topological polar surface area (TPSA) is 58.9 Å². The number of benzene rings is 1. The fraction of sp³-hybridized carbons (Fsp3) is 0.273. The van der Waals surface area contributed by atoms with E-state index < -0.39 is 16.4 Å². The lowest BCUT2D eigenvalue weighted by Crippen LogP contribution is -1.93. The maximum atomic E-state index is 13.4. The zero-order valence-electron chi connectivity index (χ0n) is 9.00. The van der Waals surface area contributed by atoms with Crippen LogP contribution in [0.5, 0.6) is 0 Å². The lowest BCUT2D eigenvalue weighted by molar-refractivity contribution is -0.385. The fourth-order valence-corrected chi connectivity index (χ4v) is 1.99. The van der Waals surface area contributed by atoms with Crippen molar-refractivity contribution in [1.29, 1.82) is 0 Å². The zero-order chi connectivity index (χ0) is 11.9. The molecule has 5 heteroatoms. The van der Waals surface area contributed by atoms with Gasteiger partial charge in [-0.1, -0.05) is 6.92 Å². The van der Waals surface area contributed by atoms with E-state index in [1.807, 2.05) is 6.92 Å². The Morgan fingerprint density at radius 1 is 1.50 bits per heavy atom. The van der Waals surface area contributed by atoms with Gasteiger partial charge in [-0.15, -0.1) is 0 Å². The van der Waals surface area contributed by atoms with E-state index in [4.69, 9.17) is 0 Å². The summed E-state index contributed by atoms with van der Waals surface area (Å²) < 4.78 is 13.4. The van der Waals surface area contributed by atoms with Crippen molar-refractivity contribution in [3.05, 3.63) is 39.3 Å². The van der Waals surface area contributed by atoms with Crippen LogP contribution in [0, 0.1) is 22.9 Å². The normalized spacial score (nSPS) is 10.9. The molecule has 84 valence electrons. The molecule has 0 spiro atoms. The van der Waals surface area contributed by atoms with Gasteiger partial charge in [0, 0.05) is 5.69 Å². The van der Waals surface area contributed by atoms with Gasteiger partial charge in [0.25, 0.3) is 0 Å². The second-order valence-corrected chi connectivity index (χ2v) is 3.66. The number of H-pyrrole nitrogens is 1. The predicted octanol–water partition coefficient (Wildman–Crippen LogP) is 3.09. The van der Waals surface area contributed by atoms with Crippen LogP contribution in [-0.4, -0.2) is 9.91 Å². The molecule has 1 N–H and O–H groups in total. The van der Waals surface area contributed by atoms with Crippen LogP contribution in [0.25, 0.3) is 10.9 Å². The number of fused-ring (bicyclic) bond motifs is 1. The zero-order valence-corrected chi connectivity index (χ0v) is 9.00. The van der Waals surface area contributed by atoms with Crippen LogP contribution >= 0.6 is 0 Å². The van der Waals surface area contributed by atoms with Crippen molar-refractivity contribution < 1.29 is 9.31 Å². The number of aromatic amines is 1. The number of nitro benzene ring substituents is 1. The van der Waals surface area contributed by atoms with E-state index in [9.17, 15) is 14.5 Å². The molecule has 0 aliphatic heterocycles. The van der Waals surface area contributed by atoms with Crippen molar-refractivity contribution in [2.45, 2.75) is 20.3 Å². The maximum absolute atomic E-state index is 13.4. The van der Waals surface area contributed by atoms with E-state index in [1.165, 1.54) is 6.07 Å². The summed E-state index contributed by atoms with van der Waals surface area (Å²) in [5, 5.41) is 11.2. The van der Waals surface area contributed by atoms with Crippen LogP contribution in [0.15, 0.2) is 12.1 Å². The van der Waals surface area contributed by atoms with E-state index in [1.54, 1.807) is 6.92 Å². The molecule has 0 unspecified atom stereocenters. The summed E-state index contributed by atoms with van der Waals surface area (Å²) in [6, 6.07) is 2.65. The highest BCUT2D eigenvalue weighted by Crippen LogP contribution is 2.32. The average Bonchev–Trinajstić information content (AvgIpc) is 2.55. The molecule has 1 aromatic carbocycles. The third kappa shape index (κ3) is 1.36. The van der Waals surface area contributed by atoms with Crippen LogP contribution in [0.1, 0.15) is 18.2 Å². The number of aryl methyl sites for hydroxylation is 2. The molecule has 0 radical (unpaired) electrons. The summed E-state index contributed by atoms with van der Waals surface area (Å²) in [6.07, 6.45) is 0.735. The Bertz CT molecular complexity index is 575. The molecule has 0 fully saturated rings. The Labute approximate surface area is 91.2 Å². The molecule has 0 aliphatic rings. The van der Waals surface area contributed by atoms with E-state index in [-0.39, 0.29) is 0 Å². The minimum absolute atomic E-state index is 0.377. The van der Waals surface area contributed by atoms with Gasteiger partial charge in [-0.2, -0.15) is 4.39 Å². The monoisotopic (exact) mass is 222 g/mol. The first-order chi connectivity index (χ1) is 7.56. The third-order valence-electron chi connectivity index (χ3n) is 2.78. The van der Waals surface area contributed by atoms with Crippen molar-refractivity contribution in [3.63, 3.8) is 0 Å². The van der Waals surface area contributed by atoms with Gasteiger partial charge in [-0.3, -0.25) is 10.1 Å². The highest BCUT2D eigenvalue weighted by atomic mass is 19.1. The summed E-state index contributed by atoms with van der Waals surface area (Å²) in [5.74, 6) is -0.790. The van der Waals surface area contributed by atoms with Crippen LogP contribution in [0.4, 0.5) is 10.1 Å². The smallest absolute Gasteiger partial charge is 0.314 e. The third-order valence-corrected chi connectivity index (χ3v) is 2.78. The predicted molar refractivity (Wildman–Crippen MR) is 59.0 cm³/mol. The molecular formula is C11H11FN2O2. The molecule has 2 aromatic rings. The highest BCUT2D eigenvalue weighted by Gasteiger charge is 2.22. The fourth-order valence-electron chi connectivity index (χ4n) is 1.99.